The number of amides is 1. The Morgan fingerprint density at radius 1 is 1.50 bits per heavy atom. The lowest BCUT2D eigenvalue weighted by Gasteiger charge is -2.22. The Morgan fingerprint density at radius 2 is 2.22 bits per heavy atom. The van der Waals surface area contributed by atoms with Crippen LogP contribution in [0, 0.1) is 11.3 Å². The van der Waals surface area contributed by atoms with Crippen molar-refractivity contribution in [2.45, 2.75) is 6.04 Å². The Morgan fingerprint density at radius 3 is 2.83 bits per heavy atom. The number of halogens is 1. The van der Waals surface area contributed by atoms with Crippen molar-refractivity contribution in [1.29, 1.82) is 5.26 Å². The average Bonchev–Trinajstić information content (AvgIpc) is 2.60. The van der Waals surface area contributed by atoms with Gasteiger partial charge in [0.25, 0.3) is 5.91 Å². The second-order valence-electron chi connectivity index (χ2n) is 4.54. The molecule has 2 rings (SSSR count). The van der Waals surface area contributed by atoms with Gasteiger partial charge in [-0.1, -0.05) is 23.7 Å². The van der Waals surface area contributed by atoms with E-state index in [1.807, 2.05) is 19.0 Å². The lowest BCUT2D eigenvalue weighted by molar-refractivity contribution is 0.0746. The number of hydrogen-bond acceptors (Lipinski definition) is 3. The Balaban J connectivity index is 2.35. The molecule has 0 saturated heterocycles. The molecule has 0 N–H and O–H groups in total. The van der Waals surface area contributed by atoms with E-state index < -0.39 is 6.04 Å². The second-order valence-corrected chi connectivity index (χ2v) is 4.94. The first-order valence-electron chi connectivity index (χ1n) is 5.70. The molecule has 1 aliphatic rings. The first-order chi connectivity index (χ1) is 8.56. The molecule has 0 radical (unpaired) electrons. The summed E-state index contributed by atoms with van der Waals surface area (Å²) in [5, 5.41) is 9.68. The van der Waals surface area contributed by atoms with Crippen LogP contribution in [-0.2, 0) is 0 Å². The van der Waals surface area contributed by atoms with Gasteiger partial charge in [0.1, 0.15) is 6.04 Å². The molecule has 0 spiro atoms. The van der Waals surface area contributed by atoms with Crippen LogP contribution in [0.15, 0.2) is 18.2 Å². The predicted molar refractivity (Wildman–Crippen MR) is 69.4 cm³/mol. The fourth-order valence-corrected chi connectivity index (χ4v) is 2.36. The molecule has 18 heavy (non-hydrogen) atoms. The highest BCUT2D eigenvalue weighted by Crippen LogP contribution is 2.36. The van der Waals surface area contributed by atoms with Gasteiger partial charge >= 0.3 is 0 Å². The quantitative estimate of drug-likeness (QED) is 0.837. The zero-order valence-corrected chi connectivity index (χ0v) is 11.1. The van der Waals surface area contributed by atoms with Crippen LogP contribution in [0.3, 0.4) is 0 Å². The Labute approximate surface area is 111 Å². The lowest BCUT2D eigenvalue weighted by atomic mass is 10.1. The van der Waals surface area contributed by atoms with E-state index in [1.165, 1.54) is 0 Å². The third-order valence-corrected chi connectivity index (χ3v) is 3.35. The van der Waals surface area contributed by atoms with Crippen LogP contribution in [0.4, 0.5) is 0 Å². The van der Waals surface area contributed by atoms with Crippen LogP contribution in [0.1, 0.15) is 22.0 Å². The van der Waals surface area contributed by atoms with Crippen LogP contribution in [-0.4, -0.2) is 42.9 Å². The molecule has 0 bridgehead atoms. The SMILES string of the molecule is CN(C)CCN1C(=O)c2c(Cl)cccc2C1C#N. The van der Waals surface area contributed by atoms with Crippen molar-refractivity contribution < 1.29 is 4.79 Å². The third-order valence-electron chi connectivity index (χ3n) is 3.04. The first-order valence-corrected chi connectivity index (χ1v) is 6.07. The maximum Gasteiger partial charge on any atom is 0.257 e. The number of likely N-dealkylation sites (N-methyl/N-ethyl adjacent to an activating group) is 1. The molecule has 5 heteroatoms. The maximum atomic E-state index is 12.3. The van der Waals surface area contributed by atoms with E-state index >= 15 is 0 Å². The van der Waals surface area contributed by atoms with Crippen LogP contribution in [0.25, 0.3) is 0 Å². The molecule has 0 aliphatic carbocycles. The van der Waals surface area contributed by atoms with Gasteiger partial charge in [-0.15, -0.1) is 0 Å². The summed E-state index contributed by atoms with van der Waals surface area (Å²) in [6.45, 7) is 1.24. The van der Waals surface area contributed by atoms with Gasteiger partial charge in [-0.25, -0.2) is 0 Å². The molecule has 1 aromatic rings. The Kier molecular flexibility index (Phi) is 3.55. The molecular formula is C13H14ClN3O. The summed E-state index contributed by atoms with van der Waals surface area (Å²) < 4.78 is 0. The van der Waals surface area contributed by atoms with Crippen molar-refractivity contribution >= 4 is 17.5 Å². The van der Waals surface area contributed by atoms with Gasteiger partial charge in [0.2, 0.25) is 0 Å². The molecule has 1 unspecified atom stereocenters. The van der Waals surface area contributed by atoms with Crippen molar-refractivity contribution in [2.75, 3.05) is 27.2 Å². The van der Waals surface area contributed by atoms with E-state index in [4.69, 9.17) is 11.6 Å². The summed E-state index contributed by atoms with van der Waals surface area (Å²) in [5.74, 6) is -0.149. The number of benzene rings is 1. The highest BCUT2D eigenvalue weighted by atomic mass is 35.5. The van der Waals surface area contributed by atoms with Gasteiger partial charge in [-0.2, -0.15) is 5.26 Å². The summed E-state index contributed by atoms with van der Waals surface area (Å²) in [7, 11) is 3.87. The minimum atomic E-state index is -0.522. The van der Waals surface area contributed by atoms with E-state index in [2.05, 4.69) is 6.07 Å². The van der Waals surface area contributed by atoms with Crippen molar-refractivity contribution in [1.82, 2.24) is 9.80 Å². The molecule has 1 aliphatic heterocycles. The van der Waals surface area contributed by atoms with Gasteiger partial charge in [-0.3, -0.25) is 4.79 Å². The van der Waals surface area contributed by atoms with Crippen LogP contribution in [0.2, 0.25) is 5.02 Å². The summed E-state index contributed by atoms with van der Waals surface area (Å²) in [6.07, 6.45) is 0. The number of rotatable bonds is 3. The molecule has 0 fully saturated rings. The maximum absolute atomic E-state index is 12.3. The second kappa shape index (κ2) is 4.97. The molecule has 94 valence electrons. The van der Waals surface area contributed by atoms with Crippen molar-refractivity contribution in [3.8, 4) is 6.07 Å². The summed E-state index contributed by atoms with van der Waals surface area (Å²) in [6, 6.07) is 6.91. The monoisotopic (exact) mass is 263 g/mol. The Hall–Kier alpha value is -1.57. The van der Waals surface area contributed by atoms with E-state index in [9.17, 15) is 10.1 Å². The molecule has 1 amide bonds. The smallest absolute Gasteiger partial charge is 0.257 e. The van der Waals surface area contributed by atoms with Crippen LogP contribution in [0.5, 0.6) is 0 Å². The number of fused-ring (bicyclic) bond motifs is 1. The molecule has 1 atom stereocenters. The van der Waals surface area contributed by atoms with Gasteiger partial charge in [-0.05, 0) is 20.2 Å². The number of nitriles is 1. The minimum absolute atomic E-state index is 0.149. The highest BCUT2D eigenvalue weighted by Gasteiger charge is 2.37. The zero-order valence-electron chi connectivity index (χ0n) is 10.4. The van der Waals surface area contributed by atoms with Crippen LogP contribution >= 0.6 is 11.6 Å². The summed E-state index contributed by atoms with van der Waals surface area (Å²) in [5.41, 5.74) is 1.19. The standard InChI is InChI=1S/C13H14ClN3O/c1-16(2)6-7-17-11(8-15)9-4-3-5-10(14)12(9)13(17)18/h3-5,11H,6-7H2,1-2H3. The molecular weight excluding hydrogens is 250 g/mol. The molecule has 0 aromatic heterocycles. The van der Waals surface area contributed by atoms with E-state index in [1.54, 1.807) is 23.1 Å². The van der Waals surface area contributed by atoms with E-state index in [-0.39, 0.29) is 5.91 Å². The first kappa shape index (κ1) is 12.9. The number of nitrogens with zero attached hydrogens (tertiary/aromatic N) is 3. The topological polar surface area (TPSA) is 47.3 Å². The molecule has 0 saturated carbocycles. The summed E-state index contributed by atoms with van der Waals surface area (Å²) in [4.78, 5) is 15.8. The number of hydrogen-bond donors (Lipinski definition) is 0. The van der Waals surface area contributed by atoms with Gasteiger partial charge in [0.15, 0.2) is 0 Å². The van der Waals surface area contributed by atoms with Crippen molar-refractivity contribution in [3.05, 3.63) is 34.3 Å². The Bertz CT molecular complexity index is 521. The zero-order chi connectivity index (χ0) is 13.3. The number of carbonyl (C=O) groups excluding carboxylic acids is 1. The van der Waals surface area contributed by atoms with E-state index in [0.29, 0.717) is 22.7 Å². The van der Waals surface area contributed by atoms with Crippen molar-refractivity contribution in [3.63, 3.8) is 0 Å². The average molecular weight is 264 g/mol. The van der Waals surface area contributed by atoms with E-state index in [0.717, 1.165) is 6.54 Å². The normalized spacial score (nSPS) is 18.1. The summed E-state index contributed by atoms with van der Waals surface area (Å²) >= 11 is 6.05. The highest BCUT2D eigenvalue weighted by molar-refractivity contribution is 6.34. The molecule has 4 nitrogen and oxygen atoms in total. The van der Waals surface area contributed by atoms with Crippen LogP contribution < -0.4 is 0 Å². The molecule has 1 heterocycles. The van der Waals surface area contributed by atoms with Gasteiger partial charge in [0, 0.05) is 18.7 Å². The molecule has 1 aromatic carbocycles. The fraction of sp³-hybridized carbons (Fsp3) is 0.385. The van der Waals surface area contributed by atoms with Gasteiger partial charge in [0.05, 0.1) is 16.7 Å². The lowest BCUT2D eigenvalue weighted by Crippen LogP contribution is -2.34. The number of carbonyl (C=O) groups is 1. The predicted octanol–water partition coefficient (Wildman–Crippen LogP) is 1.92. The van der Waals surface area contributed by atoms with Crippen molar-refractivity contribution in [2.24, 2.45) is 0 Å². The third kappa shape index (κ3) is 2.07. The fourth-order valence-electron chi connectivity index (χ4n) is 2.10. The minimum Gasteiger partial charge on any atom is -0.317 e. The largest absolute Gasteiger partial charge is 0.317 e. The van der Waals surface area contributed by atoms with Gasteiger partial charge < -0.3 is 9.80 Å².